The zero-order valence-electron chi connectivity index (χ0n) is 10.9. The van der Waals surface area contributed by atoms with Gasteiger partial charge in [0.25, 0.3) is 0 Å². The van der Waals surface area contributed by atoms with Gasteiger partial charge in [0.05, 0.1) is 0 Å². The van der Waals surface area contributed by atoms with Crippen LogP contribution in [-0.4, -0.2) is 53.8 Å². The highest BCUT2D eigenvalue weighted by Crippen LogP contribution is 2.35. The number of rotatable bonds is 4. The minimum atomic E-state index is 0.132. The summed E-state index contributed by atoms with van der Waals surface area (Å²) in [5, 5.41) is 0. The lowest BCUT2D eigenvalue weighted by Crippen LogP contribution is -2.54. The summed E-state index contributed by atoms with van der Waals surface area (Å²) < 4.78 is 0. The van der Waals surface area contributed by atoms with E-state index in [1.165, 1.54) is 32.1 Å². The first-order chi connectivity index (χ1) is 8.15. The van der Waals surface area contributed by atoms with Crippen molar-refractivity contribution in [1.29, 1.82) is 0 Å². The number of alkyl halides is 1. The van der Waals surface area contributed by atoms with Crippen molar-refractivity contribution in [3.8, 4) is 0 Å². The predicted molar refractivity (Wildman–Crippen MR) is 70.3 cm³/mol. The third-order valence-corrected chi connectivity index (χ3v) is 4.29. The second-order valence-electron chi connectivity index (χ2n) is 5.55. The third-order valence-electron chi connectivity index (χ3n) is 4.06. The number of nitrogens with zero attached hydrogens (tertiary/aromatic N) is 2. The molecule has 0 N–H and O–H groups in total. The van der Waals surface area contributed by atoms with Crippen molar-refractivity contribution in [1.82, 2.24) is 9.80 Å². The molecule has 0 radical (unpaired) electrons. The monoisotopic (exact) mass is 258 g/mol. The normalized spacial score (nSPS) is 29.4. The third kappa shape index (κ3) is 2.94. The van der Waals surface area contributed by atoms with Gasteiger partial charge in [0.15, 0.2) is 0 Å². The summed E-state index contributed by atoms with van der Waals surface area (Å²) in [5.74, 6) is 0.264. The fraction of sp³-hybridized carbons (Fsp3) is 0.923. The highest BCUT2D eigenvalue weighted by atomic mass is 35.5. The number of amides is 1. The Kier molecular flexibility index (Phi) is 4.31. The van der Waals surface area contributed by atoms with Crippen LogP contribution in [0.15, 0.2) is 0 Å². The Morgan fingerprint density at radius 3 is 2.18 bits per heavy atom. The highest BCUT2D eigenvalue weighted by molar-refractivity contribution is 6.27. The quantitative estimate of drug-likeness (QED) is 0.721. The summed E-state index contributed by atoms with van der Waals surface area (Å²) in [6.07, 6.45) is 7.21. The van der Waals surface area contributed by atoms with Gasteiger partial charge in [-0.15, -0.1) is 11.6 Å². The van der Waals surface area contributed by atoms with Crippen molar-refractivity contribution >= 4 is 17.5 Å². The molecular formula is C13H23ClN2O. The molecule has 0 aromatic rings. The molecule has 0 heterocycles. The van der Waals surface area contributed by atoms with E-state index in [2.05, 4.69) is 23.9 Å². The molecule has 0 saturated heterocycles. The zero-order chi connectivity index (χ0) is 12.4. The SMILES string of the molecule is CN(C)[C@@H]1CCCC[C@H]1N(C(=O)CCl)C1CC1. The van der Waals surface area contributed by atoms with Crippen LogP contribution in [0.5, 0.6) is 0 Å². The molecule has 4 heteroatoms. The maximum atomic E-state index is 12.0. The molecule has 0 aromatic heterocycles. The summed E-state index contributed by atoms with van der Waals surface area (Å²) >= 11 is 5.76. The molecule has 2 rings (SSSR count). The van der Waals surface area contributed by atoms with Crippen molar-refractivity contribution in [2.75, 3.05) is 20.0 Å². The van der Waals surface area contributed by atoms with Crippen molar-refractivity contribution in [2.45, 2.75) is 56.7 Å². The summed E-state index contributed by atoms with van der Waals surface area (Å²) in [7, 11) is 4.25. The zero-order valence-corrected chi connectivity index (χ0v) is 11.6. The Morgan fingerprint density at radius 2 is 1.71 bits per heavy atom. The van der Waals surface area contributed by atoms with E-state index in [-0.39, 0.29) is 11.8 Å². The maximum Gasteiger partial charge on any atom is 0.238 e. The first-order valence-electron chi connectivity index (χ1n) is 6.68. The van der Waals surface area contributed by atoms with Crippen molar-refractivity contribution in [3.63, 3.8) is 0 Å². The summed E-state index contributed by atoms with van der Waals surface area (Å²) in [5.41, 5.74) is 0. The summed E-state index contributed by atoms with van der Waals surface area (Å²) in [4.78, 5) is 16.4. The van der Waals surface area contributed by atoms with E-state index in [0.29, 0.717) is 18.1 Å². The Hall–Kier alpha value is -0.280. The molecule has 17 heavy (non-hydrogen) atoms. The van der Waals surface area contributed by atoms with Crippen molar-refractivity contribution < 1.29 is 4.79 Å². The smallest absolute Gasteiger partial charge is 0.238 e. The number of halogens is 1. The van der Waals surface area contributed by atoms with Crippen LogP contribution in [0, 0.1) is 0 Å². The molecular weight excluding hydrogens is 236 g/mol. The van der Waals surface area contributed by atoms with Crippen LogP contribution >= 0.6 is 11.6 Å². The van der Waals surface area contributed by atoms with Crippen LogP contribution in [0.25, 0.3) is 0 Å². The van der Waals surface area contributed by atoms with Crippen LogP contribution in [0.1, 0.15) is 38.5 Å². The lowest BCUT2D eigenvalue weighted by molar-refractivity contribution is -0.133. The van der Waals surface area contributed by atoms with Crippen LogP contribution in [-0.2, 0) is 4.79 Å². The second kappa shape index (κ2) is 5.57. The molecule has 0 aromatic carbocycles. The Balaban J connectivity index is 2.11. The Bertz CT molecular complexity index is 279. The summed E-state index contributed by atoms with van der Waals surface area (Å²) in [6, 6.07) is 1.38. The topological polar surface area (TPSA) is 23.6 Å². The molecule has 0 unspecified atom stereocenters. The minimum Gasteiger partial charge on any atom is -0.334 e. The fourth-order valence-corrected chi connectivity index (χ4v) is 3.24. The molecule has 0 aliphatic heterocycles. The van der Waals surface area contributed by atoms with Crippen molar-refractivity contribution in [2.24, 2.45) is 0 Å². The Morgan fingerprint density at radius 1 is 1.12 bits per heavy atom. The molecule has 2 saturated carbocycles. The Labute approximate surface area is 109 Å². The first kappa shape index (κ1) is 13.2. The van der Waals surface area contributed by atoms with Gasteiger partial charge < -0.3 is 9.80 Å². The van der Waals surface area contributed by atoms with Gasteiger partial charge in [-0.25, -0.2) is 0 Å². The van der Waals surface area contributed by atoms with E-state index >= 15 is 0 Å². The molecule has 2 aliphatic carbocycles. The van der Waals surface area contributed by atoms with Gasteiger partial charge in [-0.3, -0.25) is 4.79 Å². The van der Waals surface area contributed by atoms with Crippen LogP contribution in [0.3, 0.4) is 0 Å². The van der Waals surface area contributed by atoms with Gasteiger partial charge in [-0.05, 0) is 39.8 Å². The average molecular weight is 259 g/mol. The fourth-order valence-electron chi connectivity index (χ4n) is 3.10. The lowest BCUT2D eigenvalue weighted by atomic mass is 9.88. The maximum absolute atomic E-state index is 12.0. The van der Waals surface area contributed by atoms with Crippen LogP contribution < -0.4 is 0 Å². The van der Waals surface area contributed by atoms with Gasteiger partial charge >= 0.3 is 0 Å². The van der Waals surface area contributed by atoms with E-state index in [0.717, 1.165) is 6.42 Å². The van der Waals surface area contributed by atoms with Crippen LogP contribution in [0.4, 0.5) is 0 Å². The average Bonchev–Trinajstić information content (AvgIpc) is 3.14. The molecule has 2 atom stereocenters. The molecule has 2 fully saturated rings. The van der Waals surface area contributed by atoms with Gasteiger partial charge in [-0.1, -0.05) is 12.8 Å². The van der Waals surface area contributed by atoms with Gasteiger partial charge in [0, 0.05) is 18.1 Å². The van der Waals surface area contributed by atoms with Gasteiger partial charge in [0.1, 0.15) is 5.88 Å². The number of likely N-dealkylation sites (N-methyl/N-ethyl adjacent to an activating group) is 1. The molecule has 98 valence electrons. The number of carbonyl (C=O) groups is 1. The van der Waals surface area contributed by atoms with Gasteiger partial charge in [0.2, 0.25) is 5.91 Å². The first-order valence-corrected chi connectivity index (χ1v) is 7.22. The predicted octanol–water partition coefficient (Wildman–Crippen LogP) is 2.09. The van der Waals surface area contributed by atoms with Crippen molar-refractivity contribution in [3.05, 3.63) is 0 Å². The number of hydrogen-bond acceptors (Lipinski definition) is 2. The molecule has 0 bridgehead atoms. The van der Waals surface area contributed by atoms with E-state index in [1.807, 2.05) is 0 Å². The van der Waals surface area contributed by atoms with E-state index < -0.39 is 0 Å². The second-order valence-corrected chi connectivity index (χ2v) is 5.82. The molecule has 0 spiro atoms. The van der Waals surface area contributed by atoms with E-state index in [4.69, 9.17) is 11.6 Å². The van der Waals surface area contributed by atoms with E-state index in [1.54, 1.807) is 0 Å². The standard InChI is InChI=1S/C13H23ClN2O/c1-15(2)11-5-3-4-6-12(11)16(10-7-8-10)13(17)9-14/h10-12H,3-9H2,1-2H3/t11-,12-/m1/s1. The molecule has 2 aliphatic rings. The van der Waals surface area contributed by atoms with E-state index in [9.17, 15) is 4.79 Å². The number of hydrogen-bond donors (Lipinski definition) is 0. The largest absolute Gasteiger partial charge is 0.334 e. The van der Waals surface area contributed by atoms with Crippen LogP contribution in [0.2, 0.25) is 0 Å². The lowest BCUT2D eigenvalue weighted by Gasteiger charge is -2.43. The molecule has 3 nitrogen and oxygen atoms in total. The summed E-state index contributed by atoms with van der Waals surface area (Å²) in [6.45, 7) is 0. The number of carbonyl (C=O) groups excluding carboxylic acids is 1. The molecule has 1 amide bonds. The highest BCUT2D eigenvalue weighted by Gasteiger charge is 2.41. The van der Waals surface area contributed by atoms with Gasteiger partial charge in [-0.2, -0.15) is 0 Å². The minimum absolute atomic E-state index is 0.132.